The minimum atomic E-state index is -1.68. The fourth-order valence-electron chi connectivity index (χ4n) is 4.66. The molecule has 0 aliphatic carbocycles. The van der Waals surface area contributed by atoms with Gasteiger partial charge in [0.25, 0.3) is 0 Å². The summed E-state index contributed by atoms with van der Waals surface area (Å²) in [4.78, 5) is 69.7. The quantitative estimate of drug-likeness (QED) is 0.219. The van der Waals surface area contributed by atoms with Gasteiger partial charge < -0.3 is 19.1 Å². The zero-order chi connectivity index (χ0) is 31.0. The van der Waals surface area contributed by atoms with E-state index in [9.17, 15) is 24.0 Å². The van der Waals surface area contributed by atoms with E-state index in [4.69, 9.17) is 14.2 Å². The number of benzene rings is 2. The number of rotatable bonds is 11. The lowest BCUT2D eigenvalue weighted by molar-refractivity contribution is -0.171. The van der Waals surface area contributed by atoms with Crippen molar-refractivity contribution in [3.8, 4) is 0 Å². The molecule has 10 heteroatoms. The number of nitrogens with zero attached hydrogens (tertiary/aromatic N) is 2. The maximum Gasteiger partial charge on any atom is 0.331 e. The van der Waals surface area contributed by atoms with Crippen LogP contribution in [0, 0.1) is 17.8 Å². The molecule has 226 valence electrons. The lowest BCUT2D eigenvalue weighted by Gasteiger charge is -2.30. The van der Waals surface area contributed by atoms with Crippen molar-refractivity contribution in [3.63, 3.8) is 0 Å². The van der Waals surface area contributed by atoms with Crippen LogP contribution in [0.15, 0.2) is 60.7 Å². The van der Waals surface area contributed by atoms with Crippen LogP contribution in [0.2, 0.25) is 0 Å². The molecule has 0 aromatic heterocycles. The topological polar surface area (TPSA) is 120 Å². The number of esters is 3. The van der Waals surface area contributed by atoms with Gasteiger partial charge in [0.2, 0.25) is 5.91 Å². The highest BCUT2D eigenvalue weighted by Gasteiger charge is 2.51. The first-order valence-corrected chi connectivity index (χ1v) is 14.0. The zero-order valence-electron chi connectivity index (χ0n) is 25.1. The van der Waals surface area contributed by atoms with Crippen molar-refractivity contribution in [3.05, 3.63) is 71.8 Å². The van der Waals surface area contributed by atoms with Crippen LogP contribution in [0.5, 0.6) is 0 Å². The summed E-state index contributed by atoms with van der Waals surface area (Å²) in [6, 6.07) is 15.8. The largest absolute Gasteiger partial charge is 0.460 e. The fourth-order valence-corrected chi connectivity index (χ4v) is 4.66. The molecule has 2 atom stereocenters. The van der Waals surface area contributed by atoms with Gasteiger partial charge in [0, 0.05) is 7.05 Å². The molecule has 3 rings (SSSR count). The van der Waals surface area contributed by atoms with Crippen molar-refractivity contribution in [2.24, 2.45) is 17.8 Å². The fraction of sp³-hybridized carbons (Fsp3) is 0.469. The Morgan fingerprint density at radius 3 is 1.76 bits per heavy atom. The van der Waals surface area contributed by atoms with Gasteiger partial charge in [0.1, 0.15) is 18.8 Å². The van der Waals surface area contributed by atoms with Gasteiger partial charge in [0.05, 0.1) is 12.5 Å². The van der Waals surface area contributed by atoms with Crippen molar-refractivity contribution in [2.45, 2.75) is 65.9 Å². The number of imide groups is 1. The Balaban J connectivity index is 1.96. The van der Waals surface area contributed by atoms with E-state index >= 15 is 0 Å². The Morgan fingerprint density at radius 2 is 1.33 bits per heavy atom. The second-order valence-electron chi connectivity index (χ2n) is 11.8. The molecule has 2 aromatic rings. The van der Waals surface area contributed by atoms with E-state index in [2.05, 4.69) is 0 Å². The van der Waals surface area contributed by atoms with Crippen LogP contribution in [0.3, 0.4) is 0 Å². The van der Waals surface area contributed by atoms with Crippen molar-refractivity contribution in [1.29, 1.82) is 0 Å². The zero-order valence-corrected chi connectivity index (χ0v) is 25.1. The van der Waals surface area contributed by atoms with E-state index in [1.54, 1.807) is 69.3 Å². The summed E-state index contributed by atoms with van der Waals surface area (Å²) in [5, 5.41) is 0. The van der Waals surface area contributed by atoms with Gasteiger partial charge in [-0.3, -0.25) is 14.4 Å². The number of urea groups is 1. The Morgan fingerprint density at radius 1 is 0.857 bits per heavy atom. The molecule has 0 spiro atoms. The molecule has 0 bridgehead atoms. The van der Waals surface area contributed by atoms with E-state index < -0.39 is 53.3 Å². The standard InChI is InChI=1S/C32H40N2O8/c1-21(2)17-24(27(35)34-25(18-33(6)31(34)39)28(36)42-32(3,4)5)26(29(37)40-19-22-13-9-7-10-14-22)30(38)41-20-23-15-11-8-12-16-23/h7-16,21,24-26H,17-20H2,1-6H3/t24-,25-/m0/s1. The molecular weight excluding hydrogens is 540 g/mol. The highest BCUT2D eigenvalue weighted by atomic mass is 16.6. The van der Waals surface area contributed by atoms with Gasteiger partial charge in [0.15, 0.2) is 12.0 Å². The third-order valence-electron chi connectivity index (χ3n) is 6.61. The Kier molecular flexibility index (Phi) is 10.9. The van der Waals surface area contributed by atoms with Crippen LogP contribution in [0.25, 0.3) is 0 Å². The van der Waals surface area contributed by atoms with Gasteiger partial charge in [-0.25, -0.2) is 14.5 Å². The van der Waals surface area contributed by atoms with Crippen molar-refractivity contribution < 1.29 is 38.2 Å². The van der Waals surface area contributed by atoms with Gasteiger partial charge in [-0.05, 0) is 44.2 Å². The molecule has 1 aliphatic rings. The number of likely N-dealkylation sites (N-methyl/N-ethyl adjacent to an activating group) is 1. The molecule has 1 fully saturated rings. The predicted octanol–water partition coefficient (Wildman–Crippen LogP) is 4.36. The van der Waals surface area contributed by atoms with Crippen molar-refractivity contribution in [2.75, 3.05) is 13.6 Å². The van der Waals surface area contributed by atoms with Crippen LogP contribution in [-0.2, 0) is 46.6 Å². The first-order chi connectivity index (χ1) is 19.8. The molecule has 42 heavy (non-hydrogen) atoms. The van der Waals surface area contributed by atoms with E-state index in [1.807, 2.05) is 26.0 Å². The lowest BCUT2D eigenvalue weighted by Crippen LogP contribution is -2.51. The molecule has 0 N–H and O–H groups in total. The van der Waals surface area contributed by atoms with E-state index in [0.717, 1.165) is 4.90 Å². The van der Waals surface area contributed by atoms with Gasteiger partial charge in [-0.2, -0.15) is 0 Å². The van der Waals surface area contributed by atoms with E-state index in [-0.39, 0.29) is 32.1 Å². The maximum atomic E-state index is 14.2. The summed E-state index contributed by atoms with van der Waals surface area (Å²) in [7, 11) is 1.46. The molecule has 2 aromatic carbocycles. The maximum absolute atomic E-state index is 14.2. The average Bonchev–Trinajstić information content (AvgIpc) is 3.24. The molecule has 3 amide bonds. The Hall–Kier alpha value is -4.21. The van der Waals surface area contributed by atoms with Crippen LogP contribution in [0.1, 0.15) is 52.2 Å². The third kappa shape index (κ3) is 8.64. The lowest BCUT2D eigenvalue weighted by atomic mass is 9.83. The van der Waals surface area contributed by atoms with Gasteiger partial charge in [-0.1, -0.05) is 74.5 Å². The highest BCUT2D eigenvalue weighted by Crippen LogP contribution is 2.30. The predicted molar refractivity (Wildman–Crippen MR) is 153 cm³/mol. The second-order valence-corrected chi connectivity index (χ2v) is 11.8. The summed E-state index contributed by atoms with van der Waals surface area (Å²) < 4.78 is 16.6. The van der Waals surface area contributed by atoms with Crippen molar-refractivity contribution in [1.82, 2.24) is 9.80 Å². The SMILES string of the molecule is CC(C)C[C@H](C(=O)N1C(=O)N(C)C[C@H]1C(=O)OC(C)(C)C)C(C(=O)OCc1ccccc1)C(=O)OCc1ccccc1. The van der Waals surface area contributed by atoms with Crippen LogP contribution < -0.4 is 0 Å². The first-order valence-electron chi connectivity index (χ1n) is 14.0. The Labute approximate surface area is 246 Å². The number of hydrogen-bond acceptors (Lipinski definition) is 8. The molecular formula is C32H40N2O8. The van der Waals surface area contributed by atoms with Crippen LogP contribution >= 0.6 is 0 Å². The van der Waals surface area contributed by atoms with Gasteiger partial charge >= 0.3 is 23.9 Å². The monoisotopic (exact) mass is 580 g/mol. The molecule has 1 saturated heterocycles. The molecule has 0 saturated carbocycles. The normalized spacial score (nSPS) is 16.0. The number of amides is 3. The molecule has 1 heterocycles. The number of carbonyl (C=O) groups excluding carboxylic acids is 5. The Bertz CT molecular complexity index is 1200. The van der Waals surface area contributed by atoms with Gasteiger partial charge in [-0.15, -0.1) is 0 Å². The van der Waals surface area contributed by atoms with Crippen LogP contribution in [-0.4, -0.2) is 64.9 Å². The summed E-state index contributed by atoms with van der Waals surface area (Å²) in [5.74, 6) is -6.68. The number of hydrogen-bond donors (Lipinski definition) is 0. The van der Waals surface area contributed by atoms with E-state index in [1.165, 1.54) is 11.9 Å². The van der Waals surface area contributed by atoms with Crippen LogP contribution in [0.4, 0.5) is 4.79 Å². The minimum absolute atomic E-state index is 0.0545. The van der Waals surface area contributed by atoms with E-state index in [0.29, 0.717) is 11.1 Å². The summed E-state index contributed by atoms with van der Waals surface area (Å²) in [6.45, 7) is 8.35. The molecule has 0 unspecified atom stereocenters. The second kappa shape index (κ2) is 14.1. The summed E-state index contributed by atoms with van der Waals surface area (Å²) in [5.41, 5.74) is 0.517. The average molecular weight is 581 g/mol. The molecule has 10 nitrogen and oxygen atoms in total. The smallest absolute Gasteiger partial charge is 0.331 e. The molecule has 1 aliphatic heterocycles. The van der Waals surface area contributed by atoms with Crippen molar-refractivity contribution >= 4 is 29.8 Å². The highest BCUT2D eigenvalue weighted by molar-refractivity contribution is 6.06. The summed E-state index contributed by atoms with van der Waals surface area (Å²) >= 11 is 0. The summed E-state index contributed by atoms with van der Waals surface area (Å²) in [6.07, 6.45) is 0.0545. The number of ether oxygens (including phenoxy) is 3. The first kappa shape index (κ1) is 32.3. The number of carbonyl (C=O) groups is 5. The molecule has 0 radical (unpaired) electrons. The third-order valence-corrected chi connectivity index (χ3v) is 6.61. The minimum Gasteiger partial charge on any atom is -0.460 e.